The molecule has 0 aliphatic carbocycles. The highest BCUT2D eigenvalue weighted by Crippen LogP contribution is 2.33. The average molecular weight is 401 g/mol. The number of nitrogens with one attached hydrogen (secondary N) is 1. The van der Waals surface area contributed by atoms with Crippen LogP contribution in [0.15, 0.2) is 35.2 Å². The summed E-state index contributed by atoms with van der Waals surface area (Å²) in [5.41, 5.74) is -0.282. The standard InChI is InChI=1S/C19H19F4NO2S/c1-19(2,10-27-17-15(22)12(20)8-13(21)16(17)23)18(25)24-9-11-6-4-5-7-14(11)26-3/h4-8H,9-10H2,1-3H3,(H,24,25). The first kappa shape index (κ1) is 21.1. The maximum absolute atomic E-state index is 13.8. The van der Waals surface area contributed by atoms with E-state index in [-0.39, 0.29) is 24.3 Å². The Labute approximate surface area is 159 Å². The molecule has 2 rings (SSSR count). The van der Waals surface area contributed by atoms with E-state index < -0.39 is 33.6 Å². The molecule has 1 N–H and O–H groups in total. The Kier molecular flexibility index (Phi) is 6.75. The number of amides is 1. The van der Waals surface area contributed by atoms with E-state index in [1.807, 2.05) is 0 Å². The second-order valence-corrected chi connectivity index (χ2v) is 7.45. The van der Waals surface area contributed by atoms with Crippen LogP contribution in [-0.4, -0.2) is 18.8 Å². The number of para-hydroxylation sites is 1. The minimum absolute atomic E-state index is 0.0819. The molecule has 2 aromatic carbocycles. The van der Waals surface area contributed by atoms with E-state index in [0.29, 0.717) is 17.5 Å². The van der Waals surface area contributed by atoms with E-state index >= 15 is 0 Å². The number of hydrogen-bond acceptors (Lipinski definition) is 3. The summed E-state index contributed by atoms with van der Waals surface area (Å²) >= 11 is 0.551. The molecule has 0 bridgehead atoms. The van der Waals surface area contributed by atoms with Gasteiger partial charge in [0, 0.05) is 23.9 Å². The molecule has 2 aromatic rings. The van der Waals surface area contributed by atoms with Gasteiger partial charge in [0.25, 0.3) is 0 Å². The van der Waals surface area contributed by atoms with E-state index in [1.165, 1.54) is 7.11 Å². The number of halogens is 4. The fourth-order valence-electron chi connectivity index (χ4n) is 2.26. The molecule has 1 amide bonds. The topological polar surface area (TPSA) is 38.3 Å². The Morgan fingerprint density at radius 1 is 1.11 bits per heavy atom. The van der Waals surface area contributed by atoms with Crippen molar-refractivity contribution in [1.29, 1.82) is 0 Å². The second kappa shape index (κ2) is 8.65. The zero-order valence-electron chi connectivity index (χ0n) is 15.0. The molecule has 0 atom stereocenters. The Morgan fingerprint density at radius 3 is 2.30 bits per heavy atom. The number of thioether (sulfide) groups is 1. The zero-order chi connectivity index (χ0) is 20.2. The van der Waals surface area contributed by atoms with Gasteiger partial charge in [-0.2, -0.15) is 0 Å². The lowest BCUT2D eigenvalue weighted by atomic mass is 9.95. The number of benzene rings is 2. The summed E-state index contributed by atoms with van der Waals surface area (Å²) in [7, 11) is 1.52. The molecule has 0 unspecified atom stereocenters. The number of hydrogen-bond donors (Lipinski definition) is 1. The van der Waals surface area contributed by atoms with Crippen LogP contribution in [0, 0.1) is 28.7 Å². The summed E-state index contributed by atoms with van der Waals surface area (Å²) in [4.78, 5) is 11.7. The zero-order valence-corrected chi connectivity index (χ0v) is 15.9. The monoisotopic (exact) mass is 401 g/mol. The summed E-state index contributed by atoms with van der Waals surface area (Å²) in [5, 5.41) is 2.73. The summed E-state index contributed by atoms with van der Waals surface area (Å²) in [5.74, 6) is -5.73. The predicted octanol–water partition coefficient (Wildman–Crippen LogP) is 4.69. The molecule has 0 aromatic heterocycles. The van der Waals surface area contributed by atoms with Gasteiger partial charge in [-0.05, 0) is 6.07 Å². The Bertz CT molecular complexity index is 816. The number of carbonyl (C=O) groups is 1. The first-order chi connectivity index (χ1) is 12.7. The fraction of sp³-hybridized carbons (Fsp3) is 0.316. The third kappa shape index (κ3) is 4.94. The maximum atomic E-state index is 13.8. The van der Waals surface area contributed by atoms with Gasteiger partial charge < -0.3 is 10.1 Å². The van der Waals surface area contributed by atoms with Crippen molar-refractivity contribution in [2.45, 2.75) is 25.3 Å². The van der Waals surface area contributed by atoms with Gasteiger partial charge in [-0.25, -0.2) is 17.6 Å². The Balaban J connectivity index is 2.05. The van der Waals surface area contributed by atoms with Crippen molar-refractivity contribution in [3.05, 3.63) is 59.2 Å². The highest BCUT2D eigenvalue weighted by Gasteiger charge is 2.30. The lowest BCUT2D eigenvalue weighted by Crippen LogP contribution is -2.38. The van der Waals surface area contributed by atoms with Crippen molar-refractivity contribution in [1.82, 2.24) is 5.32 Å². The number of ether oxygens (including phenoxy) is 1. The molecule has 8 heteroatoms. The van der Waals surface area contributed by atoms with Crippen LogP contribution >= 0.6 is 11.8 Å². The molecule has 0 saturated heterocycles. The molecular formula is C19H19F4NO2S. The van der Waals surface area contributed by atoms with E-state index in [0.717, 1.165) is 5.56 Å². The normalized spacial score (nSPS) is 11.4. The SMILES string of the molecule is COc1ccccc1CNC(=O)C(C)(C)CSc1c(F)c(F)cc(F)c1F. The smallest absolute Gasteiger partial charge is 0.226 e. The Hall–Kier alpha value is -2.22. The lowest BCUT2D eigenvalue weighted by Gasteiger charge is -2.23. The molecule has 0 spiro atoms. The Morgan fingerprint density at radius 2 is 1.70 bits per heavy atom. The van der Waals surface area contributed by atoms with Gasteiger partial charge >= 0.3 is 0 Å². The van der Waals surface area contributed by atoms with Crippen LogP contribution in [0.1, 0.15) is 19.4 Å². The van der Waals surface area contributed by atoms with Crippen LogP contribution < -0.4 is 10.1 Å². The van der Waals surface area contributed by atoms with Gasteiger partial charge in [-0.3, -0.25) is 4.79 Å². The molecular weight excluding hydrogens is 382 g/mol. The van der Waals surface area contributed by atoms with Crippen LogP contribution in [-0.2, 0) is 11.3 Å². The van der Waals surface area contributed by atoms with Crippen molar-refractivity contribution >= 4 is 17.7 Å². The highest BCUT2D eigenvalue weighted by atomic mass is 32.2. The minimum atomic E-state index is -1.48. The largest absolute Gasteiger partial charge is 0.496 e. The van der Waals surface area contributed by atoms with Crippen molar-refractivity contribution in [2.24, 2.45) is 5.41 Å². The summed E-state index contributed by atoms with van der Waals surface area (Å²) in [6.07, 6.45) is 0. The van der Waals surface area contributed by atoms with Gasteiger partial charge in [0.05, 0.1) is 17.4 Å². The summed E-state index contributed by atoms with van der Waals surface area (Å²) in [6, 6.07) is 7.30. The number of rotatable bonds is 7. The molecule has 3 nitrogen and oxygen atoms in total. The third-order valence-electron chi connectivity index (χ3n) is 3.90. The summed E-state index contributed by atoms with van der Waals surface area (Å²) < 4.78 is 59.3. The van der Waals surface area contributed by atoms with E-state index in [9.17, 15) is 22.4 Å². The predicted molar refractivity (Wildman–Crippen MR) is 95.6 cm³/mol. The van der Waals surface area contributed by atoms with Crippen LogP contribution in [0.5, 0.6) is 5.75 Å². The quantitative estimate of drug-likeness (QED) is 0.416. The van der Waals surface area contributed by atoms with Crippen LogP contribution in [0.2, 0.25) is 0 Å². The van der Waals surface area contributed by atoms with Gasteiger partial charge in [-0.15, -0.1) is 11.8 Å². The first-order valence-corrected chi connectivity index (χ1v) is 9.02. The number of methoxy groups -OCH3 is 1. The molecule has 0 aliphatic rings. The molecule has 0 saturated carbocycles. The number of carbonyl (C=O) groups excluding carboxylic acids is 1. The van der Waals surface area contributed by atoms with Gasteiger partial charge in [0.2, 0.25) is 5.91 Å². The molecule has 0 radical (unpaired) electrons. The van der Waals surface area contributed by atoms with Gasteiger partial charge in [0.15, 0.2) is 23.3 Å². The first-order valence-electron chi connectivity index (χ1n) is 8.03. The van der Waals surface area contributed by atoms with Crippen LogP contribution in [0.4, 0.5) is 17.6 Å². The second-order valence-electron chi connectivity index (χ2n) is 6.46. The van der Waals surface area contributed by atoms with Crippen molar-refractivity contribution < 1.29 is 27.1 Å². The summed E-state index contributed by atoms with van der Waals surface area (Å²) in [6.45, 7) is 3.35. The van der Waals surface area contributed by atoms with E-state index in [4.69, 9.17) is 4.74 Å². The van der Waals surface area contributed by atoms with Crippen molar-refractivity contribution in [3.8, 4) is 5.75 Å². The minimum Gasteiger partial charge on any atom is -0.496 e. The van der Waals surface area contributed by atoms with Crippen LogP contribution in [0.25, 0.3) is 0 Å². The molecule has 146 valence electrons. The molecule has 27 heavy (non-hydrogen) atoms. The molecule has 0 heterocycles. The maximum Gasteiger partial charge on any atom is 0.226 e. The van der Waals surface area contributed by atoms with E-state index in [2.05, 4.69) is 5.32 Å². The molecule has 0 fully saturated rings. The van der Waals surface area contributed by atoms with E-state index in [1.54, 1.807) is 38.1 Å². The third-order valence-corrected chi connectivity index (χ3v) is 5.41. The lowest BCUT2D eigenvalue weighted by molar-refractivity contribution is -0.128. The van der Waals surface area contributed by atoms with Gasteiger partial charge in [0.1, 0.15) is 5.75 Å². The highest BCUT2D eigenvalue weighted by molar-refractivity contribution is 7.99. The van der Waals surface area contributed by atoms with Crippen molar-refractivity contribution in [3.63, 3.8) is 0 Å². The average Bonchev–Trinajstić information content (AvgIpc) is 2.64. The van der Waals surface area contributed by atoms with Crippen molar-refractivity contribution in [2.75, 3.05) is 12.9 Å². The fourth-order valence-corrected chi connectivity index (χ4v) is 3.34. The van der Waals surface area contributed by atoms with Crippen LogP contribution in [0.3, 0.4) is 0 Å². The van der Waals surface area contributed by atoms with Gasteiger partial charge in [-0.1, -0.05) is 32.0 Å². The molecule has 0 aliphatic heterocycles.